The molecule has 0 saturated heterocycles. The number of hydrogen-bond acceptors (Lipinski definition) is 4. The van der Waals surface area contributed by atoms with Crippen molar-refractivity contribution in [2.45, 2.75) is 25.2 Å². The molecule has 0 aliphatic heterocycles. The van der Waals surface area contributed by atoms with Gasteiger partial charge in [0.25, 0.3) is 0 Å². The zero-order valence-corrected chi connectivity index (χ0v) is 12.2. The van der Waals surface area contributed by atoms with Crippen molar-refractivity contribution < 1.29 is 0 Å². The van der Waals surface area contributed by atoms with Gasteiger partial charge in [0.05, 0.1) is 0 Å². The standard InChI is InChI=1S/C14H14Cl2N4/c15-10-4-3-9(11(16)6-10)5-13-18-12(8-1-2-8)7-14(19-13)20-17/h3-4,6-8H,1-2,5,17H2,(H,18,19,20). The number of nitrogens with two attached hydrogens (primary N) is 1. The van der Waals surface area contributed by atoms with Crippen LogP contribution in [-0.4, -0.2) is 9.97 Å². The van der Waals surface area contributed by atoms with E-state index in [-0.39, 0.29) is 0 Å². The van der Waals surface area contributed by atoms with Crippen LogP contribution in [-0.2, 0) is 6.42 Å². The smallest absolute Gasteiger partial charge is 0.143 e. The number of nitrogen functional groups attached to an aromatic ring is 1. The molecule has 1 fully saturated rings. The van der Waals surface area contributed by atoms with E-state index in [0.717, 1.165) is 11.3 Å². The molecule has 104 valence electrons. The van der Waals surface area contributed by atoms with Gasteiger partial charge in [-0.25, -0.2) is 15.8 Å². The van der Waals surface area contributed by atoms with Gasteiger partial charge in [-0.05, 0) is 30.5 Å². The fraction of sp³-hybridized carbons (Fsp3) is 0.286. The summed E-state index contributed by atoms with van der Waals surface area (Å²) in [7, 11) is 0. The van der Waals surface area contributed by atoms with Gasteiger partial charge in [0.2, 0.25) is 0 Å². The molecule has 1 aliphatic carbocycles. The zero-order valence-electron chi connectivity index (χ0n) is 10.7. The third kappa shape index (κ3) is 3.03. The van der Waals surface area contributed by atoms with Gasteiger partial charge in [-0.15, -0.1) is 0 Å². The summed E-state index contributed by atoms with van der Waals surface area (Å²) in [6.45, 7) is 0. The first kappa shape index (κ1) is 13.6. The number of anilines is 1. The summed E-state index contributed by atoms with van der Waals surface area (Å²) in [6, 6.07) is 7.35. The van der Waals surface area contributed by atoms with E-state index in [1.165, 1.54) is 12.8 Å². The van der Waals surface area contributed by atoms with Crippen LogP contribution < -0.4 is 11.3 Å². The molecule has 4 nitrogen and oxygen atoms in total. The van der Waals surface area contributed by atoms with Crippen LogP contribution in [0.25, 0.3) is 0 Å². The van der Waals surface area contributed by atoms with Gasteiger partial charge in [0.15, 0.2) is 0 Å². The van der Waals surface area contributed by atoms with Crippen molar-refractivity contribution >= 4 is 29.0 Å². The largest absolute Gasteiger partial charge is 0.308 e. The Bertz CT molecular complexity index is 641. The highest BCUT2D eigenvalue weighted by Crippen LogP contribution is 2.39. The molecule has 0 atom stereocenters. The molecule has 0 radical (unpaired) electrons. The van der Waals surface area contributed by atoms with Crippen molar-refractivity contribution in [2.24, 2.45) is 5.84 Å². The Kier molecular flexibility index (Phi) is 3.78. The Balaban J connectivity index is 1.91. The number of aromatic nitrogens is 2. The molecule has 1 aliphatic rings. The second kappa shape index (κ2) is 5.56. The fourth-order valence-electron chi connectivity index (χ4n) is 2.09. The molecular weight excluding hydrogens is 295 g/mol. The Morgan fingerprint density at radius 3 is 2.65 bits per heavy atom. The number of rotatable bonds is 4. The van der Waals surface area contributed by atoms with E-state index in [9.17, 15) is 0 Å². The summed E-state index contributed by atoms with van der Waals surface area (Å²) in [6.07, 6.45) is 2.93. The molecule has 3 rings (SSSR count). The Morgan fingerprint density at radius 1 is 1.20 bits per heavy atom. The van der Waals surface area contributed by atoms with Crippen molar-refractivity contribution in [2.75, 3.05) is 5.43 Å². The molecule has 0 amide bonds. The van der Waals surface area contributed by atoms with Gasteiger partial charge in [0.1, 0.15) is 11.6 Å². The van der Waals surface area contributed by atoms with E-state index in [0.29, 0.717) is 34.0 Å². The van der Waals surface area contributed by atoms with Crippen LogP contribution in [0.1, 0.15) is 35.8 Å². The lowest BCUT2D eigenvalue weighted by atomic mass is 10.1. The number of benzene rings is 1. The molecule has 3 N–H and O–H groups in total. The average molecular weight is 309 g/mol. The highest BCUT2D eigenvalue weighted by atomic mass is 35.5. The van der Waals surface area contributed by atoms with Crippen molar-refractivity contribution in [3.8, 4) is 0 Å². The second-order valence-corrected chi connectivity index (χ2v) is 5.77. The van der Waals surface area contributed by atoms with E-state index in [4.69, 9.17) is 29.0 Å². The number of nitrogens with one attached hydrogen (secondary N) is 1. The maximum atomic E-state index is 6.19. The monoisotopic (exact) mass is 308 g/mol. The SMILES string of the molecule is NNc1cc(C2CC2)nc(Cc2ccc(Cl)cc2Cl)n1. The van der Waals surface area contributed by atoms with Gasteiger partial charge in [-0.2, -0.15) is 0 Å². The van der Waals surface area contributed by atoms with Crippen LogP contribution in [0.2, 0.25) is 10.0 Å². The summed E-state index contributed by atoms with van der Waals surface area (Å²) in [4.78, 5) is 8.99. The lowest BCUT2D eigenvalue weighted by Crippen LogP contribution is -2.11. The molecular formula is C14H14Cl2N4. The Labute approximate surface area is 127 Å². The highest BCUT2D eigenvalue weighted by Gasteiger charge is 2.26. The Morgan fingerprint density at radius 2 is 2.00 bits per heavy atom. The number of hydrazine groups is 1. The topological polar surface area (TPSA) is 63.8 Å². The van der Waals surface area contributed by atoms with Gasteiger partial charge < -0.3 is 5.43 Å². The molecule has 1 aromatic carbocycles. The first-order valence-corrected chi connectivity index (χ1v) is 7.19. The van der Waals surface area contributed by atoms with Crippen LogP contribution in [0, 0.1) is 0 Å². The van der Waals surface area contributed by atoms with Crippen molar-refractivity contribution in [3.05, 3.63) is 51.4 Å². The molecule has 0 unspecified atom stereocenters. The first-order chi connectivity index (χ1) is 9.65. The van der Waals surface area contributed by atoms with E-state index in [1.54, 1.807) is 6.07 Å². The van der Waals surface area contributed by atoms with E-state index < -0.39 is 0 Å². The van der Waals surface area contributed by atoms with Crippen LogP contribution in [0.4, 0.5) is 5.82 Å². The Hall–Kier alpha value is -1.36. The normalized spacial score (nSPS) is 14.3. The summed E-state index contributed by atoms with van der Waals surface area (Å²) < 4.78 is 0. The van der Waals surface area contributed by atoms with Gasteiger partial charge in [0, 0.05) is 34.1 Å². The zero-order chi connectivity index (χ0) is 14.1. The van der Waals surface area contributed by atoms with E-state index in [2.05, 4.69) is 15.4 Å². The molecule has 6 heteroatoms. The van der Waals surface area contributed by atoms with E-state index in [1.807, 2.05) is 18.2 Å². The molecule has 1 heterocycles. The van der Waals surface area contributed by atoms with Crippen LogP contribution in [0.3, 0.4) is 0 Å². The van der Waals surface area contributed by atoms with Crippen LogP contribution >= 0.6 is 23.2 Å². The third-order valence-electron chi connectivity index (χ3n) is 3.30. The second-order valence-electron chi connectivity index (χ2n) is 4.93. The lowest BCUT2D eigenvalue weighted by Gasteiger charge is -2.08. The first-order valence-electron chi connectivity index (χ1n) is 6.44. The van der Waals surface area contributed by atoms with E-state index >= 15 is 0 Å². The summed E-state index contributed by atoms with van der Waals surface area (Å²) >= 11 is 12.1. The highest BCUT2D eigenvalue weighted by molar-refractivity contribution is 6.35. The molecule has 0 bridgehead atoms. The molecule has 1 saturated carbocycles. The predicted molar refractivity (Wildman–Crippen MR) is 81.1 cm³/mol. The van der Waals surface area contributed by atoms with Gasteiger partial charge in [-0.3, -0.25) is 0 Å². The minimum absolute atomic E-state index is 0.546. The fourth-order valence-corrected chi connectivity index (χ4v) is 2.57. The molecule has 20 heavy (non-hydrogen) atoms. The predicted octanol–water partition coefficient (Wildman–Crippen LogP) is 3.54. The van der Waals surface area contributed by atoms with Crippen molar-refractivity contribution in [3.63, 3.8) is 0 Å². The number of nitrogens with zero attached hydrogens (tertiary/aromatic N) is 2. The average Bonchev–Trinajstić information content (AvgIpc) is 3.26. The van der Waals surface area contributed by atoms with Crippen LogP contribution in [0.5, 0.6) is 0 Å². The maximum Gasteiger partial charge on any atom is 0.143 e. The van der Waals surface area contributed by atoms with Crippen LogP contribution in [0.15, 0.2) is 24.3 Å². The minimum Gasteiger partial charge on any atom is -0.308 e. The minimum atomic E-state index is 0.546. The summed E-state index contributed by atoms with van der Waals surface area (Å²) in [5.74, 6) is 7.37. The summed E-state index contributed by atoms with van der Waals surface area (Å²) in [5.41, 5.74) is 4.59. The molecule has 1 aromatic heterocycles. The van der Waals surface area contributed by atoms with Gasteiger partial charge >= 0.3 is 0 Å². The quantitative estimate of drug-likeness (QED) is 0.670. The number of halogens is 2. The third-order valence-corrected chi connectivity index (χ3v) is 3.89. The molecule has 0 spiro atoms. The maximum absolute atomic E-state index is 6.19. The lowest BCUT2D eigenvalue weighted by molar-refractivity contribution is 0.899. The molecule has 2 aromatic rings. The number of hydrogen-bond donors (Lipinski definition) is 2. The van der Waals surface area contributed by atoms with Crippen molar-refractivity contribution in [1.29, 1.82) is 0 Å². The van der Waals surface area contributed by atoms with Gasteiger partial charge in [-0.1, -0.05) is 29.3 Å². The summed E-state index contributed by atoms with van der Waals surface area (Å²) in [5, 5.41) is 1.25. The van der Waals surface area contributed by atoms with Crippen molar-refractivity contribution in [1.82, 2.24) is 9.97 Å².